The molecule has 2 aromatic heterocycles. The number of anilines is 9. The van der Waals surface area contributed by atoms with Crippen LogP contribution in [0.1, 0.15) is 0 Å². The Morgan fingerprint density at radius 2 is 0.481 bits per heavy atom. The van der Waals surface area contributed by atoms with E-state index in [-0.39, 0.29) is 0 Å². The van der Waals surface area contributed by atoms with Crippen LogP contribution < -0.4 is 14.7 Å². The normalized spacial score (nSPS) is 11.4. The van der Waals surface area contributed by atoms with Crippen molar-refractivity contribution in [3.63, 3.8) is 0 Å². The molecule has 0 aliphatic carbocycles. The highest BCUT2D eigenvalue weighted by Gasteiger charge is 2.24. The lowest BCUT2D eigenvalue weighted by Crippen LogP contribution is -2.16. The van der Waals surface area contributed by atoms with Crippen LogP contribution >= 0.6 is 22.7 Å². The lowest BCUT2D eigenvalue weighted by molar-refractivity contribution is 1.22. The molecule has 0 N–H and O–H groups in total. The summed E-state index contributed by atoms with van der Waals surface area (Å²) in [5.41, 5.74) is 16.3. The van der Waals surface area contributed by atoms with E-state index in [1.165, 1.54) is 62.6 Å². The smallest absolute Gasteiger partial charge is 0.0503 e. The van der Waals surface area contributed by atoms with Crippen LogP contribution in [-0.2, 0) is 0 Å². The molecule has 364 valence electrons. The van der Waals surface area contributed by atoms with Crippen LogP contribution in [0.25, 0.3) is 73.7 Å². The van der Waals surface area contributed by atoms with Gasteiger partial charge >= 0.3 is 0 Å². The Hall–Kier alpha value is -9.52. The largest absolute Gasteiger partial charge is 0.310 e. The molecular weight excluding hydrogens is 971 g/mol. The third kappa shape index (κ3) is 8.87. The molecule has 0 spiro atoms. The van der Waals surface area contributed by atoms with Crippen LogP contribution in [0.5, 0.6) is 0 Å². The van der Waals surface area contributed by atoms with Gasteiger partial charge in [-0.3, -0.25) is 0 Å². The van der Waals surface area contributed by atoms with Crippen LogP contribution in [0, 0.1) is 0 Å². The van der Waals surface area contributed by atoms with E-state index >= 15 is 0 Å². The second kappa shape index (κ2) is 20.0. The van der Waals surface area contributed by atoms with Gasteiger partial charge in [0.1, 0.15) is 0 Å². The Bertz CT molecular complexity index is 4250. The van der Waals surface area contributed by atoms with Gasteiger partial charge in [0.25, 0.3) is 0 Å². The fourth-order valence-electron chi connectivity index (χ4n) is 10.9. The molecule has 0 aliphatic rings. The second-order valence-corrected chi connectivity index (χ2v) is 21.5. The number of para-hydroxylation sites is 2. The van der Waals surface area contributed by atoms with Crippen molar-refractivity contribution in [3.05, 3.63) is 297 Å². The summed E-state index contributed by atoms with van der Waals surface area (Å²) in [5.74, 6) is 0. The van der Waals surface area contributed by atoms with Gasteiger partial charge in [0.2, 0.25) is 0 Å². The van der Waals surface area contributed by atoms with Crippen LogP contribution in [-0.4, -0.2) is 0 Å². The summed E-state index contributed by atoms with van der Waals surface area (Å²) in [5, 5.41) is 5.10. The number of hydrogen-bond acceptors (Lipinski definition) is 5. The highest BCUT2D eigenvalue weighted by atomic mass is 32.1. The predicted octanol–water partition coefficient (Wildman–Crippen LogP) is 21.8. The first kappa shape index (κ1) is 46.0. The van der Waals surface area contributed by atoms with Gasteiger partial charge in [0.15, 0.2) is 0 Å². The van der Waals surface area contributed by atoms with Gasteiger partial charge in [0.05, 0.1) is 17.1 Å². The van der Waals surface area contributed by atoms with Crippen molar-refractivity contribution < 1.29 is 0 Å². The van der Waals surface area contributed by atoms with Crippen LogP contribution in [0.3, 0.4) is 0 Å². The zero-order chi connectivity index (χ0) is 51.1. The Balaban J connectivity index is 1.01. The first-order valence-corrected chi connectivity index (χ1v) is 27.7. The summed E-state index contributed by atoms with van der Waals surface area (Å²) >= 11 is 3.70. The molecule has 0 saturated carbocycles. The zero-order valence-electron chi connectivity index (χ0n) is 41.9. The monoisotopic (exact) mass is 1020 g/mol. The second-order valence-electron chi connectivity index (χ2n) is 19.4. The lowest BCUT2D eigenvalue weighted by Gasteiger charge is -2.33. The van der Waals surface area contributed by atoms with E-state index in [0.717, 1.165) is 62.3 Å². The molecule has 0 atom stereocenters. The van der Waals surface area contributed by atoms with E-state index in [4.69, 9.17) is 0 Å². The molecule has 0 bridgehead atoms. The van der Waals surface area contributed by atoms with Gasteiger partial charge in [-0.05, 0) is 155 Å². The number of nitrogens with zero attached hydrogens (tertiary/aromatic N) is 3. The predicted molar refractivity (Wildman–Crippen MR) is 333 cm³/mol. The number of hydrogen-bond donors (Lipinski definition) is 0. The average molecular weight is 1020 g/mol. The number of fused-ring (bicyclic) bond motifs is 6. The molecule has 0 aliphatic heterocycles. The summed E-state index contributed by atoms with van der Waals surface area (Å²) in [7, 11) is 0. The fraction of sp³-hybridized carbons (Fsp3) is 0. The quantitative estimate of drug-likeness (QED) is 0.121. The minimum Gasteiger partial charge on any atom is -0.310 e. The minimum absolute atomic E-state index is 1.01. The number of thiophene rings is 2. The molecule has 0 amide bonds. The van der Waals surface area contributed by atoms with E-state index in [1.54, 1.807) is 0 Å². The third-order valence-electron chi connectivity index (χ3n) is 14.6. The van der Waals surface area contributed by atoms with Gasteiger partial charge in [0, 0.05) is 74.5 Å². The minimum atomic E-state index is 1.01. The van der Waals surface area contributed by atoms with Crippen molar-refractivity contribution in [1.29, 1.82) is 0 Å². The molecule has 77 heavy (non-hydrogen) atoms. The van der Waals surface area contributed by atoms with Crippen LogP contribution in [0.15, 0.2) is 297 Å². The van der Waals surface area contributed by atoms with Crippen molar-refractivity contribution in [2.24, 2.45) is 0 Å². The summed E-state index contributed by atoms with van der Waals surface area (Å²) in [6.07, 6.45) is 0. The van der Waals surface area contributed by atoms with Gasteiger partial charge in [-0.1, -0.05) is 176 Å². The van der Waals surface area contributed by atoms with Crippen molar-refractivity contribution in [2.75, 3.05) is 14.7 Å². The molecule has 14 aromatic rings. The van der Waals surface area contributed by atoms with E-state index in [9.17, 15) is 0 Å². The number of benzene rings is 12. The lowest BCUT2D eigenvalue weighted by atomic mass is 10.0. The molecule has 14 rings (SSSR count). The standard InChI is InChI=1S/C72H49N3S2/c1-5-19-50(20-6-1)53-23-17-29-59(43-53)73(56-25-9-3-10-26-56)62-46-63(74(57-27-11-4-12-28-57)60-30-18-24-54(44-60)51-21-7-2-8-22-51)48-64(47-62)75(61-40-42-72-68(49-61)66-32-14-16-34-70(66)77-72)58-38-35-52(36-39-58)55-37-41-71-67(45-55)65-31-13-15-33-69(65)76-71/h1-49H. The van der Waals surface area contributed by atoms with Crippen LogP contribution in [0.4, 0.5) is 51.2 Å². The Morgan fingerprint density at radius 1 is 0.169 bits per heavy atom. The maximum Gasteiger partial charge on any atom is 0.0503 e. The molecule has 0 saturated heterocycles. The van der Waals surface area contributed by atoms with Crippen molar-refractivity contribution in [1.82, 2.24) is 0 Å². The highest BCUT2D eigenvalue weighted by molar-refractivity contribution is 7.26. The molecule has 5 heteroatoms. The highest BCUT2D eigenvalue weighted by Crippen LogP contribution is 2.48. The molecule has 12 aromatic carbocycles. The Labute approximate surface area is 456 Å². The molecular formula is C72H49N3S2. The SMILES string of the molecule is c1ccc(-c2cccc(N(c3ccccc3)c3cc(N(c4ccccc4)c4cccc(-c5ccccc5)c4)cc(N(c4ccc(-c5ccc6sc7ccccc7c6c5)cc4)c4ccc5sc6ccccc6c5c4)c3)c2)cc1. The molecule has 0 fully saturated rings. The third-order valence-corrected chi connectivity index (χ3v) is 16.9. The molecule has 3 nitrogen and oxygen atoms in total. The first-order valence-electron chi connectivity index (χ1n) is 26.0. The van der Waals surface area contributed by atoms with E-state index in [1.807, 2.05) is 22.7 Å². The van der Waals surface area contributed by atoms with Crippen molar-refractivity contribution in [3.8, 4) is 33.4 Å². The van der Waals surface area contributed by atoms with Gasteiger partial charge in [-0.25, -0.2) is 0 Å². The van der Waals surface area contributed by atoms with E-state index in [2.05, 4.69) is 312 Å². The summed E-state index contributed by atoms with van der Waals surface area (Å²) < 4.78 is 5.16. The molecule has 2 heterocycles. The van der Waals surface area contributed by atoms with Crippen molar-refractivity contribution in [2.45, 2.75) is 0 Å². The molecule has 0 radical (unpaired) electrons. The summed E-state index contributed by atoms with van der Waals surface area (Å²) in [6, 6.07) is 108. The zero-order valence-corrected chi connectivity index (χ0v) is 43.6. The van der Waals surface area contributed by atoms with Gasteiger partial charge < -0.3 is 14.7 Å². The van der Waals surface area contributed by atoms with Crippen LogP contribution in [0.2, 0.25) is 0 Å². The van der Waals surface area contributed by atoms with Crippen molar-refractivity contribution >= 4 is 114 Å². The van der Waals surface area contributed by atoms with Gasteiger partial charge in [-0.2, -0.15) is 0 Å². The topological polar surface area (TPSA) is 9.72 Å². The summed E-state index contributed by atoms with van der Waals surface area (Å²) in [6.45, 7) is 0. The summed E-state index contributed by atoms with van der Waals surface area (Å²) in [4.78, 5) is 7.26. The maximum absolute atomic E-state index is 2.45. The Morgan fingerprint density at radius 3 is 0.974 bits per heavy atom. The van der Waals surface area contributed by atoms with Gasteiger partial charge in [-0.15, -0.1) is 22.7 Å². The molecule has 0 unspecified atom stereocenters. The number of rotatable bonds is 12. The average Bonchev–Trinajstić information content (AvgIpc) is 4.07. The van der Waals surface area contributed by atoms with E-state index in [0.29, 0.717) is 0 Å². The Kier molecular flexibility index (Phi) is 11.9. The van der Waals surface area contributed by atoms with E-state index < -0.39 is 0 Å². The maximum atomic E-state index is 2.45. The first-order chi connectivity index (χ1) is 38.1. The fourth-order valence-corrected chi connectivity index (χ4v) is 13.1.